The van der Waals surface area contributed by atoms with Crippen molar-refractivity contribution >= 4 is 29.1 Å². The fourth-order valence-electron chi connectivity index (χ4n) is 1.78. The molecule has 0 aromatic carbocycles. The van der Waals surface area contributed by atoms with Gasteiger partial charge < -0.3 is 10.6 Å². The smallest absolute Gasteiger partial charge is 0.375 e. The van der Waals surface area contributed by atoms with Crippen molar-refractivity contribution in [1.29, 1.82) is 0 Å². The van der Waals surface area contributed by atoms with Crippen LogP contribution in [0.1, 0.15) is 12.8 Å². The molecule has 0 bridgehead atoms. The van der Waals surface area contributed by atoms with E-state index in [0.29, 0.717) is 17.7 Å². The highest BCUT2D eigenvalue weighted by Crippen LogP contribution is 2.23. The summed E-state index contributed by atoms with van der Waals surface area (Å²) >= 11 is 4.47. The van der Waals surface area contributed by atoms with Crippen LogP contribution >= 0.6 is 12.2 Å². The summed E-state index contributed by atoms with van der Waals surface area (Å²) in [4.78, 5) is 23.3. The lowest BCUT2D eigenvalue weighted by atomic mass is 9.97. The highest BCUT2D eigenvalue weighted by Gasteiger charge is 2.44. The largest absolute Gasteiger partial charge is 0.471 e. The fourth-order valence-corrected chi connectivity index (χ4v) is 1.83. The molecule has 0 aliphatic carbocycles. The zero-order valence-electron chi connectivity index (χ0n) is 9.79. The molecule has 0 spiro atoms. The zero-order chi connectivity index (χ0) is 14.6. The lowest BCUT2D eigenvalue weighted by molar-refractivity contribution is -0.187. The molecular formula is C9H13F3N4O2S. The van der Waals surface area contributed by atoms with Gasteiger partial charge in [-0.2, -0.15) is 13.2 Å². The summed E-state index contributed by atoms with van der Waals surface area (Å²) in [5.41, 5.74) is 9.47. The molecule has 1 saturated heterocycles. The number of nitrogens with zero attached hydrogens (tertiary/aromatic N) is 1. The van der Waals surface area contributed by atoms with Crippen LogP contribution in [0.3, 0.4) is 0 Å². The minimum atomic E-state index is -4.92. The number of piperidine rings is 1. The van der Waals surface area contributed by atoms with Gasteiger partial charge in [-0.1, -0.05) is 0 Å². The summed E-state index contributed by atoms with van der Waals surface area (Å²) in [6.45, 7) is -0.284. The molecule has 0 aromatic heterocycles. The van der Waals surface area contributed by atoms with E-state index in [1.807, 2.05) is 0 Å². The Labute approximate surface area is 112 Å². The van der Waals surface area contributed by atoms with E-state index in [2.05, 4.69) is 23.1 Å². The van der Waals surface area contributed by atoms with Crippen LogP contribution in [0.15, 0.2) is 0 Å². The van der Waals surface area contributed by atoms with Gasteiger partial charge in [-0.05, 0) is 25.1 Å². The van der Waals surface area contributed by atoms with Crippen molar-refractivity contribution < 1.29 is 22.8 Å². The first-order valence-corrected chi connectivity index (χ1v) is 5.84. The van der Waals surface area contributed by atoms with Crippen LogP contribution in [0, 0.1) is 5.92 Å². The second kappa shape index (κ2) is 6.04. The number of hydrogen-bond acceptors (Lipinski definition) is 3. The van der Waals surface area contributed by atoms with E-state index in [1.165, 1.54) is 0 Å². The molecule has 1 atom stereocenters. The first kappa shape index (κ1) is 15.5. The third-order valence-electron chi connectivity index (χ3n) is 2.63. The SMILES string of the molecule is NC(=S)NNC(=O)[C@H]1CCCN(C(=O)C(F)(F)F)C1. The third-order valence-corrected chi connectivity index (χ3v) is 2.73. The van der Waals surface area contributed by atoms with Gasteiger partial charge in [0.25, 0.3) is 0 Å². The second-order valence-corrected chi connectivity index (χ2v) is 4.51. The normalized spacial score (nSPS) is 19.7. The molecule has 0 unspecified atom stereocenters. The number of carbonyl (C=O) groups is 2. The maximum Gasteiger partial charge on any atom is 0.471 e. The summed E-state index contributed by atoms with van der Waals surface area (Å²) in [6, 6.07) is 0. The Morgan fingerprint density at radius 2 is 1.95 bits per heavy atom. The zero-order valence-corrected chi connectivity index (χ0v) is 10.6. The maximum absolute atomic E-state index is 12.3. The minimum Gasteiger partial charge on any atom is -0.375 e. The predicted molar refractivity (Wildman–Crippen MR) is 63.4 cm³/mol. The molecule has 0 saturated carbocycles. The minimum absolute atomic E-state index is 0.00907. The van der Waals surface area contributed by atoms with Gasteiger partial charge in [-0.3, -0.25) is 20.4 Å². The molecule has 1 aliphatic rings. The van der Waals surface area contributed by atoms with Crippen LogP contribution in [0.4, 0.5) is 13.2 Å². The third kappa shape index (κ3) is 4.54. The number of hydrazine groups is 1. The van der Waals surface area contributed by atoms with Gasteiger partial charge >= 0.3 is 12.1 Å². The van der Waals surface area contributed by atoms with Crippen LogP contribution in [0.25, 0.3) is 0 Å². The number of thiocarbonyl (C=S) groups is 1. The van der Waals surface area contributed by atoms with Crippen molar-refractivity contribution in [2.45, 2.75) is 19.0 Å². The van der Waals surface area contributed by atoms with Crippen LogP contribution in [0.2, 0.25) is 0 Å². The fraction of sp³-hybridized carbons (Fsp3) is 0.667. The molecular weight excluding hydrogens is 285 g/mol. The van der Waals surface area contributed by atoms with Crippen molar-refractivity contribution in [3.05, 3.63) is 0 Å². The standard InChI is InChI=1S/C9H13F3N4O2S/c10-9(11,12)7(18)16-3-1-2-5(4-16)6(17)14-15-8(13)19/h5H,1-4H2,(H,14,17)(H3,13,15,19)/t5-/m0/s1. The molecule has 4 N–H and O–H groups in total. The summed E-state index contributed by atoms with van der Waals surface area (Å²) in [5, 5.41) is -0.160. The number of nitrogens with two attached hydrogens (primary N) is 1. The molecule has 1 rings (SSSR count). The number of alkyl halides is 3. The Bertz CT molecular complexity index is 388. The van der Waals surface area contributed by atoms with Crippen LogP contribution < -0.4 is 16.6 Å². The summed E-state index contributed by atoms with van der Waals surface area (Å²) in [6.07, 6.45) is -4.20. The van der Waals surface area contributed by atoms with E-state index in [1.54, 1.807) is 0 Å². The Morgan fingerprint density at radius 3 is 2.47 bits per heavy atom. The van der Waals surface area contributed by atoms with Gasteiger partial charge in [0.1, 0.15) is 0 Å². The molecule has 19 heavy (non-hydrogen) atoms. The molecule has 108 valence electrons. The van der Waals surface area contributed by atoms with Crippen molar-refractivity contribution in [3.63, 3.8) is 0 Å². The van der Waals surface area contributed by atoms with Crippen molar-refractivity contribution in [2.75, 3.05) is 13.1 Å². The number of rotatable bonds is 1. The maximum atomic E-state index is 12.3. The topological polar surface area (TPSA) is 87.5 Å². The van der Waals surface area contributed by atoms with E-state index in [0.717, 1.165) is 0 Å². The number of nitrogens with one attached hydrogen (secondary N) is 2. The van der Waals surface area contributed by atoms with E-state index in [9.17, 15) is 22.8 Å². The van der Waals surface area contributed by atoms with E-state index < -0.39 is 23.9 Å². The number of halogens is 3. The summed E-state index contributed by atoms with van der Waals surface area (Å²) in [5.74, 6) is -3.19. The van der Waals surface area contributed by atoms with E-state index in [4.69, 9.17) is 5.73 Å². The molecule has 1 heterocycles. The average Bonchev–Trinajstić information content (AvgIpc) is 2.34. The molecule has 0 radical (unpaired) electrons. The predicted octanol–water partition coefficient (Wildman–Crippen LogP) is -0.348. The Morgan fingerprint density at radius 1 is 1.32 bits per heavy atom. The van der Waals surface area contributed by atoms with Crippen LogP contribution in [0.5, 0.6) is 0 Å². The van der Waals surface area contributed by atoms with Gasteiger partial charge in [-0.25, -0.2) is 0 Å². The highest BCUT2D eigenvalue weighted by molar-refractivity contribution is 7.80. The van der Waals surface area contributed by atoms with E-state index >= 15 is 0 Å². The van der Waals surface area contributed by atoms with Gasteiger partial charge in [0, 0.05) is 13.1 Å². The van der Waals surface area contributed by atoms with Gasteiger partial charge in [0.15, 0.2) is 5.11 Å². The molecule has 6 nitrogen and oxygen atoms in total. The summed E-state index contributed by atoms with van der Waals surface area (Å²) < 4.78 is 36.8. The number of carbonyl (C=O) groups excluding carboxylic acids is 2. The van der Waals surface area contributed by atoms with Gasteiger partial charge in [0.2, 0.25) is 5.91 Å². The Kier molecular flexibility index (Phi) is 4.92. The monoisotopic (exact) mass is 298 g/mol. The van der Waals surface area contributed by atoms with Crippen molar-refractivity contribution in [1.82, 2.24) is 15.8 Å². The number of amides is 2. The molecule has 1 aliphatic heterocycles. The van der Waals surface area contributed by atoms with Gasteiger partial charge in [-0.15, -0.1) is 0 Å². The molecule has 1 fully saturated rings. The lowest BCUT2D eigenvalue weighted by Gasteiger charge is -2.32. The second-order valence-electron chi connectivity index (χ2n) is 4.07. The molecule has 10 heteroatoms. The first-order valence-electron chi connectivity index (χ1n) is 5.43. The first-order chi connectivity index (χ1) is 8.71. The quantitative estimate of drug-likeness (QED) is 0.455. The van der Waals surface area contributed by atoms with Gasteiger partial charge in [0.05, 0.1) is 5.92 Å². The highest BCUT2D eigenvalue weighted by atomic mass is 32.1. The molecule has 0 aromatic rings. The lowest BCUT2D eigenvalue weighted by Crippen LogP contribution is -2.52. The van der Waals surface area contributed by atoms with Crippen LogP contribution in [-0.4, -0.2) is 41.1 Å². The van der Waals surface area contributed by atoms with Crippen molar-refractivity contribution in [2.24, 2.45) is 11.7 Å². The molecule has 2 amide bonds. The summed E-state index contributed by atoms with van der Waals surface area (Å²) in [7, 11) is 0. The number of likely N-dealkylation sites (tertiary alicyclic amines) is 1. The average molecular weight is 298 g/mol. The number of hydrogen-bond donors (Lipinski definition) is 3. The van der Waals surface area contributed by atoms with Crippen molar-refractivity contribution in [3.8, 4) is 0 Å². The van der Waals surface area contributed by atoms with E-state index in [-0.39, 0.29) is 18.2 Å². The Hall–Kier alpha value is -1.58. The Balaban J connectivity index is 2.57. The van der Waals surface area contributed by atoms with Crippen LogP contribution in [-0.2, 0) is 9.59 Å².